The van der Waals surface area contributed by atoms with Gasteiger partial charge in [-0.25, -0.2) is 0 Å². The van der Waals surface area contributed by atoms with Gasteiger partial charge in [-0.2, -0.15) is 0 Å². The fraction of sp³-hybridized carbons (Fsp3) is 0.636. The van der Waals surface area contributed by atoms with Gasteiger partial charge in [-0.05, 0) is 62.8 Å². The Bertz CT molecular complexity index is 661. The SMILES string of the molecule is O=C(Nc1ccc(N2CCCCC2)cc1)C1CC1C(=O)NC1CCCCC1. The summed E-state index contributed by atoms with van der Waals surface area (Å²) in [5, 5.41) is 6.13. The summed E-state index contributed by atoms with van der Waals surface area (Å²) in [5.41, 5.74) is 2.04. The highest BCUT2D eigenvalue weighted by Crippen LogP contribution is 2.40. The van der Waals surface area contributed by atoms with Gasteiger partial charge in [0.25, 0.3) is 0 Å². The Kier molecular flexibility index (Phi) is 5.65. The molecule has 1 aliphatic heterocycles. The molecule has 3 fully saturated rings. The number of anilines is 2. The van der Waals surface area contributed by atoms with Crippen molar-refractivity contribution in [2.45, 2.75) is 63.8 Å². The van der Waals surface area contributed by atoms with Crippen molar-refractivity contribution in [2.24, 2.45) is 11.8 Å². The first-order chi connectivity index (χ1) is 13.2. The summed E-state index contributed by atoms with van der Waals surface area (Å²) in [6.45, 7) is 2.23. The lowest BCUT2D eigenvalue weighted by atomic mass is 9.95. The van der Waals surface area contributed by atoms with Gasteiger partial charge in [0.2, 0.25) is 11.8 Å². The van der Waals surface area contributed by atoms with E-state index in [1.165, 1.54) is 44.2 Å². The molecule has 1 aromatic rings. The summed E-state index contributed by atoms with van der Waals surface area (Å²) >= 11 is 0. The zero-order chi connectivity index (χ0) is 18.6. The maximum atomic E-state index is 12.5. The lowest BCUT2D eigenvalue weighted by Gasteiger charge is -2.28. The molecule has 1 saturated heterocycles. The first-order valence-corrected chi connectivity index (χ1v) is 10.7. The Morgan fingerprint density at radius 1 is 0.815 bits per heavy atom. The van der Waals surface area contributed by atoms with Crippen molar-refractivity contribution in [2.75, 3.05) is 23.3 Å². The molecule has 1 aromatic carbocycles. The molecule has 27 heavy (non-hydrogen) atoms. The molecule has 2 saturated carbocycles. The number of nitrogens with one attached hydrogen (secondary N) is 2. The first-order valence-electron chi connectivity index (χ1n) is 10.7. The molecule has 0 bridgehead atoms. The van der Waals surface area contributed by atoms with Crippen LogP contribution in [0, 0.1) is 11.8 Å². The van der Waals surface area contributed by atoms with Gasteiger partial charge in [-0.3, -0.25) is 9.59 Å². The van der Waals surface area contributed by atoms with E-state index in [1.807, 2.05) is 12.1 Å². The number of rotatable bonds is 5. The predicted octanol–water partition coefficient (Wildman–Crippen LogP) is 3.70. The monoisotopic (exact) mass is 369 g/mol. The van der Waals surface area contributed by atoms with E-state index >= 15 is 0 Å². The molecule has 2 atom stereocenters. The Balaban J connectivity index is 1.25. The van der Waals surface area contributed by atoms with Crippen LogP contribution in [0.3, 0.4) is 0 Å². The average molecular weight is 370 g/mol. The van der Waals surface area contributed by atoms with Gasteiger partial charge in [0.05, 0.1) is 11.8 Å². The predicted molar refractivity (Wildman–Crippen MR) is 108 cm³/mol. The van der Waals surface area contributed by atoms with Crippen LogP contribution in [0.1, 0.15) is 57.8 Å². The van der Waals surface area contributed by atoms with Gasteiger partial charge in [0, 0.05) is 30.5 Å². The van der Waals surface area contributed by atoms with Crippen LogP contribution in [0.5, 0.6) is 0 Å². The van der Waals surface area contributed by atoms with E-state index in [2.05, 4.69) is 27.7 Å². The summed E-state index contributed by atoms with van der Waals surface area (Å²) in [4.78, 5) is 27.2. The highest BCUT2D eigenvalue weighted by atomic mass is 16.2. The number of amides is 2. The standard InChI is InChI=1S/C22H31N3O2/c26-21(23-16-7-3-1-4-8-16)19-15-20(19)22(27)24-17-9-11-18(12-10-17)25-13-5-2-6-14-25/h9-12,16,19-20H,1-8,13-15H2,(H,23,26)(H,24,27). The highest BCUT2D eigenvalue weighted by molar-refractivity contribution is 5.99. The molecule has 1 heterocycles. The molecular weight excluding hydrogens is 338 g/mol. The largest absolute Gasteiger partial charge is 0.372 e. The minimum Gasteiger partial charge on any atom is -0.372 e. The van der Waals surface area contributed by atoms with Crippen LogP contribution in [0.25, 0.3) is 0 Å². The van der Waals surface area contributed by atoms with E-state index < -0.39 is 0 Å². The third-order valence-electron chi connectivity index (χ3n) is 6.27. The Labute approximate surface area is 161 Å². The maximum Gasteiger partial charge on any atom is 0.228 e. The van der Waals surface area contributed by atoms with Crippen molar-refractivity contribution in [1.29, 1.82) is 0 Å². The molecule has 0 aromatic heterocycles. The molecule has 146 valence electrons. The molecule has 5 heteroatoms. The fourth-order valence-electron chi connectivity index (χ4n) is 4.47. The molecule has 5 nitrogen and oxygen atoms in total. The Morgan fingerprint density at radius 2 is 1.44 bits per heavy atom. The van der Waals surface area contributed by atoms with Crippen molar-refractivity contribution in [1.82, 2.24) is 5.32 Å². The molecule has 0 spiro atoms. The van der Waals surface area contributed by atoms with Gasteiger partial charge in [-0.15, -0.1) is 0 Å². The molecule has 2 N–H and O–H groups in total. The van der Waals surface area contributed by atoms with Crippen LogP contribution >= 0.6 is 0 Å². The van der Waals surface area contributed by atoms with Gasteiger partial charge in [0.15, 0.2) is 0 Å². The second-order valence-corrected chi connectivity index (χ2v) is 8.38. The quantitative estimate of drug-likeness (QED) is 0.832. The molecule has 4 rings (SSSR count). The third kappa shape index (κ3) is 4.63. The summed E-state index contributed by atoms with van der Waals surface area (Å²) in [7, 11) is 0. The van der Waals surface area contributed by atoms with E-state index in [0.717, 1.165) is 31.6 Å². The number of carbonyl (C=O) groups excluding carboxylic acids is 2. The normalized spacial score (nSPS) is 25.7. The second-order valence-electron chi connectivity index (χ2n) is 8.38. The van der Waals surface area contributed by atoms with E-state index in [1.54, 1.807) is 0 Å². The number of hydrogen-bond acceptors (Lipinski definition) is 3. The zero-order valence-electron chi connectivity index (χ0n) is 16.1. The molecule has 2 amide bonds. The summed E-state index contributed by atoms with van der Waals surface area (Å²) in [6, 6.07) is 8.43. The number of benzene rings is 1. The number of carbonyl (C=O) groups is 2. The average Bonchev–Trinajstić information content (AvgIpc) is 3.51. The van der Waals surface area contributed by atoms with Gasteiger partial charge in [-0.1, -0.05) is 19.3 Å². The third-order valence-corrected chi connectivity index (χ3v) is 6.27. The van der Waals surface area contributed by atoms with Crippen molar-refractivity contribution in [3.8, 4) is 0 Å². The van der Waals surface area contributed by atoms with Crippen molar-refractivity contribution in [3.05, 3.63) is 24.3 Å². The highest BCUT2D eigenvalue weighted by Gasteiger charge is 2.48. The van der Waals surface area contributed by atoms with Crippen LogP contribution in [-0.4, -0.2) is 30.9 Å². The summed E-state index contributed by atoms with van der Waals surface area (Å²) < 4.78 is 0. The lowest BCUT2D eigenvalue weighted by molar-refractivity contribution is -0.126. The molecule has 0 radical (unpaired) electrons. The van der Waals surface area contributed by atoms with Crippen LogP contribution in [-0.2, 0) is 9.59 Å². The fourth-order valence-corrected chi connectivity index (χ4v) is 4.47. The first kappa shape index (κ1) is 18.3. The van der Waals surface area contributed by atoms with Gasteiger partial charge in [0.1, 0.15) is 0 Å². The van der Waals surface area contributed by atoms with Gasteiger partial charge >= 0.3 is 0 Å². The molecule has 2 unspecified atom stereocenters. The summed E-state index contributed by atoms with van der Waals surface area (Å²) in [5.74, 6) is -0.262. The van der Waals surface area contributed by atoms with Crippen LogP contribution < -0.4 is 15.5 Å². The van der Waals surface area contributed by atoms with E-state index in [9.17, 15) is 9.59 Å². The van der Waals surface area contributed by atoms with Crippen molar-refractivity contribution >= 4 is 23.2 Å². The minimum absolute atomic E-state index is 0.0236. The maximum absolute atomic E-state index is 12.5. The van der Waals surface area contributed by atoms with Crippen LogP contribution in [0.4, 0.5) is 11.4 Å². The van der Waals surface area contributed by atoms with Crippen LogP contribution in [0.15, 0.2) is 24.3 Å². The molecular formula is C22H31N3O2. The Hall–Kier alpha value is -2.04. The number of nitrogens with zero attached hydrogens (tertiary/aromatic N) is 1. The smallest absolute Gasteiger partial charge is 0.228 e. The van der Waals surface area contributed by atoms with E-state index in [-0.39, 0.29) is 23.7 Å². The Morgan fingerprint density at radius 3 is 2.15 bits per heavy atom. The lowest BCUT2D eigenvalue weighted by Crippen LogP contribution is -2.37. The number of piperidine rings is 1. The van der Waals surface area contributed by atoms with Crippen molar-refractivity contribution in [3.63, 3.8) is 0 Å². The van der Waals surface area contributed by atoms with Crippen LogP contribution in [0.2, 0.25) is 0 Å². The second kappa shape index (κ2) is 8.32. The number of hydrogen-bond donors (Lipinski definition) is 2. The topological polar surface area (TPSA) is 61.4 Å². The summed E-state index contributed by atoms with van der Waals surface area (Å²) in [6.07, 6.45) is 10.3. The molecule has 2 aliphatic carbocycles. The molecule has 3 aliphatic rings. The van der Waals surface area contributed by atoms with Crippen molar-refractivity contribution < 1.29 is 9.59 Å². The minimum atomic E-state index is -0.171. The van der Waals surface area contributed by atoms with Gasteiger partial charge < -0.3 is 15.5 Å². The zero-order valence-corrected chi connectivity index (χ0v) is 16.1. The van der Waals surface area contributed by atoms with E-state index in [0.29, 0.717) is 12.5 Å². The van der Waals surface area contributed by atoms with E-state index in [4.69, 9.17) is 0 Å².